The van der Waals surface area contributed by atoms with Gasteiger partial charge >= 0.3 is 5.97 Å². The summed E-state index contributed by atoms with van der Waals surface area (Å²) in [6.45, 7) is 4.19. The van der Waals surface area contributed by atoms with Crippen molar-refractivity contribution in [2.75, 3.05) is 0 Å². The van der Waals surface area contributed by atoms with E-state index in [2.05, 4.69) is 44.2 Å². The van der Waals surface area contributed by atoms with Crippen molar-refractivity contribution in [2.24, 2.45) is 0 Å². The van der Waals surface area contributed by atoms with Crippen LogP contribution in [-0.2, 0) is 11.2 Å². The van der Waals surface area contributed by atoms with Crippen LogP contribution in [0.15, 0.2) is 42.5 Å². The van der Waals surface area contributed by atoms with E-state index in [0.29, 0.717) is 6.42 Å². The van der Waals surface area contributed by atoms with Gasteiger partial charge in [-0.05, 0) is 42.5 Å². The van der Waals surface area contributed by atoms with Crippen LogP contribution in [0.25, 0.3) is 11.1 Å². The van der Waals surface area contributed by atoms with E-state index in [9.17, 15) is 4.79 Å². The van der Waals surface area contributed by atoms with Crippen LogP contribution in [0.4, 0.5) is 0 Å². The fourth-order valence-electron chi connectivity index (χ4n) is 2.15. The van der Waals surface area contributed by atoms with Crippen LogP contribution in [-0.4, -0.2) is 11.1 Å². The first-order chi connectivity index (χ1) is 9.06. The lowest BCUT2D eigenvalue weighted by Crippen LogP contribution is -1.97. The molecule has 0 aliphatic rings. The highest BCUT2D eigenvalue weighted by Crippen LogP contribution is 2.25. The van der Waals surface area contributed by atoms with Crippen molar-refractivity contribution < 1.29 is 9.90 Å². The molecule has 0 aliphatic carbocycles. The van der Waals surface area contributed by atoms with E-state index in [-0.39, 0.29) is 6.42 Å². The summed E-state index contributed by atoms with van der Waals surface area (Å²) in [7, 11) is 0. The maximum atomic E-state index is 10.5. The molecule has 2 heteroatoms. The second kappa shape index (κ2) is 5.70. The molecule has 0 heterocycles. The predicted octanol–water partition coefficient (Wildman–Crippen LogP) is 3.99. The topological polar surface area (TPSA) is 37.3 Å². The summed E-state index contributed by atoms with van der Waals surface area (Å²) in [5.74, 6) is -0.751. The Balaban J connectivity index is 2.22. The van der Waals surface area contributed by atoms with Gasteiger partial charge in [0.2, 0.25) is 0 Å². The number of rotatable bonds is 4. The highest BCUT2D eigenvalue weighted by atomic mass is 16.4. The molecule has 1 N–H and O–H groups in total. The van der Waals surface area contributed by atoms with Crippen LogP contribution in [0, 0.1) is 13.8 Å². The Hall–Kier alpha value is -2.09. The normalized spacial score (nSPS) is 10.4. The lowest BCUT2D eigenvalue weighted by atomic mass is 9.97. The molecule has 0 aliphatic heterocycles. The fourth-order valence-corrected chi connectivity index (χ4v) is 2.15. The molecule has 2 rings (SSSR count). The second-order valence-electron chi connectivity index (χ2n) is 4.91. The highest BCUT2D eigenvalue weighted by molar-refractivity contribution is 5.69. The molecule has 19 heavy (non-hydrogen) atoms. The third-order valence-electron chi connectivity index (χ3n) is 3.29. The molecule has 0 radical (unpaired) electrons. The Labute approximate surface area is 113 Å². The van der Waals surface area contributed by atoms with Gasteiger partial charge in [-0.2, -0.15) is 0 Å². The lowest BCUT2D eigenvalue weighted by Gasteiger charge is -2.08. The second-order valence-corrected chi connectivity index (χ2v) is 4.91. The lowest BCUT2D eigenvalue weighted by molar-refractivity contribution is -0.136. The monoisotopic (exact) mass is 254 g/mol. The molecule has 2 aromatic rings. The molecule has 0 amide bonds. The first kappa shape index (κ1) is 13.3. The van der Waals surface area contributed by atoms with E-state index in [1.807, 2.05) is 12.1 Å². The number of hydrogen-bond acceptors (Lipinski definition) is 1. The summed E-state index contributed by atoms with van der Waals surface area (Å²) in [5, 5.41) is 8.67. The number of benzene rings is 2. The van der Waals surface area contributed by atoms with Gasteiger partial charge in [-0.15, -0.1) is 0 Å². The van der Waals surface area contributed by atoms with Gasteiger partial charge in [-0.1, -0.05) is 48.0 Å². The van der Waals surface area contributed by atoms with Crippen LogP contribution in [0.3, 0.4) is 0 Å². The third kappa shape index (κ3) is 3.44. The summed E-state index contributed by atoms with van der Waals surface area (Å²) >= 11 is 0. The number of carboxylic acids is 1. The zero-order valence-electron chi connectivity index (χ0n) is 11.3. The van der Waals surface area contributed by atoms with Gasteiger partial charge in [-0.25, -0.2) is 0 Å². The molecule has 0 saturated heterocycles. The Bertz CT molecular complexity index is 583. The number of carbonyl (C=O) groups is 1. The molecular formula is C17H18O2. The average Bonchev–Trinajstić information content (AvgIpc) is 2.40. The number of aryl methyl sites for hydroxylation is 3. The molecule has 0 fully saturated rings. The Morgan fingerprint density at radius 3 is 2.37 bits per heavy atom. The Morgan fingerprint density at radius 2 is 1.74 bits per heavy atom. The molecular weight excluding hydrogens is 236 g/mol. The van der Waals surface area contributed by atoms with Gasteiger partial charge in [0.25, 0.3) is 0 Å². The van der Waals surface area contributed by atoms with Crippen molar-refractivity contribution in [3.8, 4) is 11.1 Å². The van der Waals surface area contributed by atoms with Gasteiger partial charge < -0.3 is 5.11 Å². The smallest absolute Gasteiger partial charge is 0.303 e. The zero-order chi connectivity index (χ0) is 13.8. The molecule has 0 atom stereocenters. The highest BCUT2D eigenvalue weighted by Gasteiger charge is 2.03. The Kier molecular flexibility index (Phi) is 4.00. The van der Waals surface area contributed by atoms with E-state index in [1.54, 1.807) is 0 Å². The molecule has 0 spiro atoms. The van der Waals surface area contributed by atoms with Crippen LogP contribution in [0.5, 0.6) is 0 Å². The van der Waals surface area contributed by atoms with Crippen molar-refractivity contribution in [1.29, 1.82) is 0 Å². The summed E-state index contributed by atoms with van der Waals surface area (Å²) in [4.78, 5) is 10.5. The van der Waals surface area contributed by atoms with Crippen molar-refractivity contribution in [3.05, 3.63) is 59.2 Å². The minimum Gasteiger partial charge on any atom is -0.481 e. The molecule has 2 nitrogen and oxygen atoms in total. The van der Waals surface area contributed by atoms with Gasteiger partial charge in [-0.3, -0.25) is 4.79 Å². The SMILES string of the molecule is Cc1ccc(C)c(-c2ccc(CCC(=O)O)cc2)c1. The number of aliphatic carboxylic acids is 1. The van der Waals surface area contributed by atoms with Crippen molar-refractivity contribution >= 4 is 5.97 Å². The Morgan fingerprint density at radius 1 is 1.05 bits per heavy atom. The molecule has 0 unspecified atom stereocenters. The van der Waals surface area contributed by atoms with Crippen LogP contribution in [0.2, 0.25) is 0 Å². The molecule has 98 valence electrons. The average molecular weight is 254 g/mol. The molecule has 0 bridgehead atoms. The van der Waals surface area contributed by atoms with Crippen molar-refractivity contribution in [2.45, 2.75) is 26.7 Å². The predicted molar refractivity (Wildman–Crippen MR) is 77.3 cm³/mol. The maximum Gasteiger partial charge on any atom is 0.303 e. The molecule has 0 aromatic heterocycles. The van der Waals surface area contributed by atoms with Crippen LogP contribution < -0.4 is 0 Å². The van der Waals surface area contributed by atoms with Gasteiger partial charge in [0.05, 0.1) is 0 Å². The first-order valence-electron chi connectivity index (χ1n) is 6.44. The van der Waals surface area contributed by atoms with E-state index >= 15 is 0 Å². The van der Waals surface area contributed by atoms with E-state index in [0.717, 1.165) is 5.56 Å². The van der Waals surface area contributed by atoms with Crippen molar-refractivity contribution in [3.63, 3.8) is 0 Å². The standard InChI is InChI=1S/C17H18O2/c1-12-3-4-13(2)16(11-12)15-8-5-14(6-9-15)7-10-17(18)19/h3-6,8-9,11H,7,10H2,1-2H3,(H,18,19). The van der Waals surface area contributed by atoms with Crippen LogP contribution in [0.1, 0.15) is 23.1 Å². The third-order valence-corrected chi connectivity index (χ3v) is 3.29. The maximum absolute atomic E-state index is 10.5. The summed E-state index contributed by atoms with van der Waals surface area (Å²) in [5.41, 5.74) is 5.99. The number of hydrogen-bond donors (Lipinski definition) is 1. The van der Waals surface area contributed by atoms with E-state index in [1.165, 1.54) is 22.3 Å². The van der Waals surface area contributed by atoms with Gasteiger partial charge in [0.15, 0.2) is 0 Å². The summed E-state index contributed by atoms with van der Waals surface area (Å²) in [6.07, 6.45) is 0.769. The van der Waals surface area contributed by atoms with Gasteiger partial charge in [0.1, 0.15) is 0 Å². The summed E-state index contributed by atoms with van der Waals surface area (Å²) in [6, 6.07) is 14.6. The minimum absolute atomic E-state index is 0.183. The van der Waals surface area contributed by atoms with Crippen LogP contribution >= 0.6 is 0 Å². The van der Waals surface area contributed by atoms with Gasteiger partial charge in [0, 0.05) is 6.42 Å². The van der Waals surface area contributed by atoms with E-state index in [4.69, 9.17) is 5.11 Å². The largest absolute Gasteiger partial charge is 0.481 e. The van der Waals surface area contributed by atoms with E-state index < -0.39 is 5.97 Å². The minimum atomic E-state index is -0.751. The molecule has 0 saturated carbocycles. The first-order valence-corrected chi connectivity index (χ1v) is 6.44. The fraction of sp³-hybridized carbons (Fsp3) is 0.235. The zero-order valence-corrected chi connectivity index (χ0v) is 11.3. The quantitative estimate of drug-likeness (QED) is 0.895. The number of carboxylic acid groups (broad SMARTS) is 1. The van der Waals surface area contributed by atoms with Crippen molar-refractivity contribution in [1.82, 2.24) is 0 Å². The molecule has 2 aromatic carbocycles. The summed E-state index contributed by atoms with van der Waals surface area (Å²) < 4.78 is 0.